The molecule has 3 nitrogen and oxygen atoms in total. The topological polar surface area (TPSA) is 44.5 Å². The first-order valence-corrected chi connectivity index (χ1v) is 5.35. The first kappa shape index (κ1) is 12.9. The lowest BCUT2D eigenvalue weighted by Crippen LogP contribution is -2.14. The van der Waals surface area contributed by atoms with Crippen LogP contribution in [0.1, 0.15) is 24.9 Å². The molecule has 4 heteroatoms. The number of methoxy groups -OCH3 is 1. The highest BCUT2D eigenvalue weighted by atomic mass is 19.1. The second kappa shape index (κ2) is 6.45. The quantitative estimate of drug-likeness (QED) is 0.758. The molecule has 1 unspecified atom stereocenters. The van der Waals surface area contributed by atoms with E-state index in [1.54, 1.807) is 13.2 Å². The van der Waals surface area contributed by atoms with Gasteiger partial charge in [0.15, 0.2) is 0 Å². The van der Waals surface area contributed by atoms with Gasteiger partial charge in [0.2, 0.25) is 0 Å². The fourth-order valence-electron chi connectivity index (χ4n) is 1.51. The van der Waals surface area contributed by atoms with Gasteiger partial charge in [-0.05, 0) is 31.5 Å². The van der Waals surface area contributed by atoms with Crippen molar-refractivity contribution in [1.29, 1.82) is 0 Å². The maximum atomic E-state index is 13.1. The Bertz CT molecular complexity index is 331. The van der Waals surface area contributed by atoms with Crippen molar-refractivity contribution in [2.45, 2.75) is 19.4 Å². The molecule has 0 amide bonds. The maximum Gasteiger partial charge on any atom is 0.123 e. The third-order valence-corrected chi connectivity index (χ3v) is 2.37. The number of hydrogen-bond acceptors (Lipinski definition) is 3. The molecule has 0 saturated carbocycles. The zero-order chi connectivity index (χ0) is 12.0. The lowest BCUT2D eigenvalue weighted by Gasteiger charge is -2.15. The van der Waals surface area contributed by atoms with Crippen molar-refractivity contribution < 1.29 is 13.9 Å². The zero-order valence-corrected chi connectivity index (χ0v) is 9.70. The second-order valence-electron chi connectivity index (χ2n) is 3.48. The summed E-state index contributed by atoms with van der Waals surface area (Å²) in [6.45, 7) is 3.15. The molecule has 1 rings (SSSR count). The van der Waals surface area contributed by atoms with Gasteiger partial charge in [-0.1, -0.05) is 0 Å². The van der Waals surface area contributed by atoms with Gasteiger partial charge in [-0.2, -0.15) is 0 Å². The third-order valence-electron chi connectivity index (χ3n) is 2.37. The van der Waals surface area contributed by atoms with Crippen LogP contribution in [0.3, 0.4) is 0 Å². The Morgan fingerprint density at radius 3 is 2.81 bits per heavy atom. The number of ether oxygens (including phenoxy) is 2. The van der Waals surface area contributed by atoms with Crippen LogP contribution in [-0.4, -0.2) is 20.3 Å². The molecule has 1 aromatic carbocycles. The molecule has 0 spiro atoms. The predicted octanol–water partition coefficient (Wildman–Crippen LogP) is 2.26. The third kappa shape index (κ3) is 3.47. The van der Waals surface area contributed by atoms with Crippen LogP contribution in [-0.2, 0) is 4.74 Å². The summed E-state index contributed by atoms with van der Waals surface area (Å²) in [7, 11) is 1.55. The normalized spacial score (nSPS) is 12.5. The van der Waals surface area contributed by atoms with E-state index in [2.05, 4.69) is 0 Å². The molecule has 0 fully saturated rings. The van der Waals surface area contributed by atoms with Gasteiger partial charge >= 0.3 is 0 Å². The zero-order valence-electron chi connectivity index (χ0n) is 9.70. The number of rotatable bonds is 6. The van der Waals surface area contributed by atoms with Crippen LogP contribution >= 0.6 is 0 Å². The second-order valence-corrected chi connectivity index (χ2v) is 3.48. The Balaban J connectivity index is 2.72. The van der Waals surface area contributed by atoms with E-state index in [1.807, 2.05) is 6.92 Å². The summed E-state index contributed by atoms with van der Waals surface area (Å²) in [5.74, 6) is 0.313. The van der Waals surface area contributed by atoms with Crippen LogP contribution in [0.2, 0.25) is 0 Å². The highest BCUT2D eigenvalue weighted by Gasteiger charge is 2.12. The first-order valence-electron chi connectivity index (χ1n) is 5.35. The Morgan fingerprint density at radius 2 is 2.19 bits per heavy atom. The molecule has 1 atom stereocenters. The minimum Gasteiger partial charge on any atom is -0.496 e. The first-order chi connectivity index (χ1) is 7.69. The largest absolute Gasteiger partial charge is 0.496 e. The highest BCUT2D eigenvalue weighted by molar-refractivity contribution is 5.36. The van der Waals surface area contributed by atoms with Crippen LogP contribution in [0.15, 0.2) is 18.2 Å². The van der Waals surface area contributed by atoms with Crippen molar-refractivity contribution in [3.63, 3.8) is 0 Å². The van der Waals surface area contributed by atoms with Gasteiger partial charge in [-0.3, -0.25) is 0 Å². The van der Waals surface area contributed by atoms with E-state index in [1.165, 1.54) is 12.1 Å². The minimum atomic E-state index is -0.303. The monoisotopic (exact) mass is 227 g/mol. The van der Waals surface area contributed by atoms with Gasteiger partial charge in [0.05, 0.1) is 7.11 Å². The van der Waals surface area contributed by atoms with E-state index < -0.39 is 0 Å². The molecular formula is C12H18FNO2. The molecule has 1 aromatic rings. The maximum absolute atomic E-state index is 13.1. The average Bonchev–Trinajstić information content (AvgIpc) is 2.29. The summed E-state index contributed by atoms with van der Waals surface area (Å²) in [5, 5.41) is 0. The SMILES string of the molecule is CCOCCC(N)c1cc(F)ccc1OC. The average molecular weight is 227 g/mol. The highest BCUT2D eigenvalue weighted by Crippen LogP contribution is 2.26. The molecule has 0 aliphatic carbocycles. The molecule has 2 N–H and O–H groups in total. The summed E-state index contributed by atoms with van der Waals surface area (Å²) in [6.07, 6.45) is 0.646. The fraction of sp³-hybridized carbons (Fsp3) is 0.500. The number of halogens is 1. The standard InChI is InChI=1S/C12H18FNO2/c1-3-16-7-6-11(14)10-8-9(13)4-5-12(10)15-2/h4-5,8,11H,3,6-7,14H2,1-2H3. The van der Waals surface area contributed by atoms with E-state index >= 15 is 0 Å². The van der Waals surface area contributed by atoms with Gasteiger partial charge in [0.25, 0.3) is 0 Å². The fourth-order valence-corrected chi connectivity index (χ4v) is 1.51. The summed E-state index contributed by atoms with van der Waals surface area (Å²) >= 11 is 0. The van der Waals surface area contributed by atoms with Crippen molar-refractivity contribution in [2.24, 2.45) is 5.73 Å². The van der Waals surface area contributed by atoms with Gasteiger partial charge in [0, 0.05) is 24.8 Å². The number of hydrogen-bond donors (Lipinski definition) is 1. The lowest BCUT2D eigenvalue weighted by molar-refractivity contribution is 0.139. The number of nitrogens with two attached hydrogens (primary N) is 1. The molecule has 0 radical (unpaired) electrons. The van der Waals surface area contributed by atoms with E-state index in [9.17, 15) is 4.39 Å². The van der Waals surface area contributed by atoms with Gasteiger partial charge < -0.3 is 15.2 Å². The Morgan fingerprint density at radius 1 is 1.44 bits per heavy atom. The summed E-state index contributed by atoms with van der Waals surface area (Å²) < 4.78 is 23.4. The minimum absolute atomic E-state index is 0.266. The number of benzene rings is 1. The molecule has 0 bridgehead atoms. The van der Waals surface area contributed by atoms with Crippen LogP contribution in [0, 0.1) is 5.82 Å². The summed E-state index contributed by atoms with van der Waals surface area (Å²) in [4.78, 5) is 0. The van der Waals surface area contributed by atoms with Gasteiger partial charge in [-0.15, -0.1) is 0 Å². The van der Waals surface area contributed by atoms with E-state index in [4.69, 9.17) is 15.2 Å². The summed E-state index contributed by atoms with van der Waals surface area (Å²) in [6, 6.07) is 4.09. The van der Waals surface area contributed by atoms with Crippen LogP contribution < -0.4 is 10.5 Å². The molecule has 16 heavy (non-hydrogen) atoms. The predicted molar refractivity (Wildman–Crippen MR) is 61.0 cm³/mol. The van der Waals surface area contributed by atoms with Crippen molar-refractivity contribution in [2.75, 3.05) is 20.3 Å². The summed E-state index contributed by atoms with van der Waals surface area (Å²) in [5.41, 5.74) is 6.64. The van der Waals surface area contributed by atoms with Crippen molar-refractivity contribution in [3.05, 3.63) is 29.6 Å². The molecule has 0 heterocycles. The molecule has 0 saturated heterocycles. The lowest BCUT2D eigenvalue weighted by atomic mass is 10.0. The Kier molecular flexibility index (Phi) is 5.22. The van der Waals surface area contributed by atoms with E-state index in [0.29, 0.717) is 30.9 Å². The Hall–Kier alpha value is -1.13. The van der Waals surface area contributed by atoms with E-state index in [0.717, 1.165) is 0 Å². The van der Waals surface area contributed by atoms with Gasteiger partial charge in [0.1, 0.15) is 11.6 Å². The smallest absolute Gasteiger partial charge is 0.123 e. The van der Waals surface area contributed by atoms with Crippen molar-refractivity contribution in [1.82, 2.24) is 0 Å². The van der Waals surface area contributed by atoms with Gasteiger partial charge in [-0.25, -0.2) is 4.39 Å². The van der Waals surface area contributed by atoms with Crippen LogP contribution in [0.4, 0.5) is 4.39 Å². The molecule has 0 aliphatic heterocycles. The van der Waals surface area contributed by atoms with Crippen LogP contribution in [0.5, 0.6) is 5.75 Å². The molecule has 0 aromatic heterocycles. The van der Waals surface area contributed by atoms with Crippen LogP contribution in [0.25, 0.3) is 0 Å². The Labute approximate surface area is 95.4 Å². The molecule has 90 valence electrons. The molecule has 0 aliphatic rings. The van der Waals surface area contributed by atoms with Crippen molar-refractivity contribution >= 4 is 0 Å². The van der Waals surface area contributed by atoms with E-state index in [-0.39, 0.29) is 11.9 Å². The van der Waals surface area contributed by atoms with Crippen molar-refractivity contribution in [3.8, 4) is 5.75 Å². The molecular weight excluding hydrogens is 209 g/mol.